The zero-order chi connectivity index (χ0) is 13.8. The summed E-state index contributed by atoms with van der Waals surface area (Å²) in [4.78, 5) is 13.8. The second-order valence-electron chi connectivity index (χ2n) is 4.75. The minimum Gasteiger partial charge on any atom is -0.507 e. The van der Waals surface area contributed by atoms with Crippen LogP contribution in [0.3, 0.4) is 0 Å². The smallest absolute Gasteiger partial charge is 0.191 e. The molecule has 2 rings (SSSR count). The van der Waals surface area contributed by atoms with E-state index in [-0.39, 0.29) is 23.2 Å². The third-order valence-corrected chi connectivity index (χ3v) is 3.15. The monoisotopic (exact) mass is 262 g/mol. The Morgan fingerprint density at radius 1 is 1.47 bits per heavy atom. The van der Waals surface area contributed by atoms with E-state index in [9.17, 15) is 15.0 Å². The SMILES string of the molecule is Nc1ccc(O)c(C(=O)C=CN2CCCC(O)C2)c1. The van der Waals surface area contributed by atoms with Crippen molar-refractivity contribution in [2.45, 2.75) is 18.9 Å². The molecule has 1 aromatic rings. The number of piperidine rings is 1. The Bertz CT molecular complexity index is 499. The van der Waals surface area contributed by atoms with Crippen molar-refractivity contribution < 1.29 is 15.0 Å². The molecule has 1 aliphatic heterocycles. The molecule has 0 radical (unpaired) electrons. The Hall–Kier alpha value is -2.01. The number of nitrogens with two attached hydrogens (primary N) is 1. The van der Waals surface area contributed by atoms with Crippen LogP contribution in [0.4, 0.5) is 5.69 Å². The molecule has 0 saturated carbocycles. The number of phenols is 1. The van der Waals surface area contributed by atoms with Gasteiger partial charge in [-0.05, 0) is 31.0 Å². The number of aliphatic hydroxyl groups excluding tert-OH is 1. The quantitative estimate of drug-likeness (QED) is 0.329. The Morgan fingerprint density at radius 3 is 3.00 bits per heavy atom. The van der Waals surface area contributed by atoms with Crippen LogP contribution in [0.15, 0.2) is 30.5 Å². The molecule has 1 unspecified atom stereocenters. The number of rotatable bonds is 3. The summed E-state index contributed by atoms with van der Waals surface area (Å²) in [5.74, 6) is -0.382. The first kappa shape index (κ1) is 13.4. The fourth-order valence-electron chi connectivity index (χ4n) is 2.13. The summed E-state index contributed by atoms with van der Waals surface area (Å²) in [6.45, 7) is 1.36. The first-order valence-corrected chi connectivity index (χ1v) is 6.29. The minimum absolute atomic E-state index is 0.0810. The Labute approximate surface area is 112 Å². The van der Waals surface area contributed by atoms with E-state index < -0.39 is 0 Å². The van der Waals surface area contributed by atoms with Gasteiger partial charge in [0.25, 0.3) is 0 Å². The number of carbonyl (C=O) groups excluding carboxylic acids is 1. The van der Waals surface area contributed by atoms with Gasteiger partial charge in [0.05, 0.1) is 11.7 Å². The third-order valence-electron chi connectivity index (χ3n) is 3.15. The van der Waals surface area contributed by atoms with Gasteiger partial charge in [0.2, 0.25) is 0 Å². The molecular formula is C14H18N2O3. The van der Waals surface area contributed by atoms with Gasteiger partial charge in [-0.25, -0.2) is 0 Å². The van der Waals surface area contributed by atoms with Crippen LogP contribution in [0.25, 0.3) is 0 Å². The maximum Gasteiger partial charge on any atom is 0.191 e. The highest BCUT2D eigenvalue weighted by Crippen LogP contribution is 2.20. The van der Waals surface area contributed by atoms with Crippen LogP contribution in [-0.2, 0) is 0 Å². The molecule has 0 bridgehead atoms. The summed E-state index contributed by atoms with van der Waals surface area (Å²) in [7, 11) is 0. The fraction of sp³-hybridized carbons (Fsp3) is 0.357. The average Bonchev–Trinajstić information content (AvgIpc) is 2.39. The van der Waals surface area contributed by atoms with Gasteiger partial charge >= 0.3 is 0 Å². The van der Waals surface area contributed by atoms with Gasteiger partial charge in [-0.1, -0.05) is 0 Å². The molecule has 1 aromatic carbocycles. The molecule has 1 atom stereocenters. The lowest BCUT2D eigenvalue weighted by atomic mass is 10.1. The molecule has 1 aliphatic rings. The van der Waals surface area contributed by atoms with E-state index in [1.807, 2.05) is 4.90 Å². The number of hydrogen-bond acceptors (Lipinski definition) is 5. The Kier molecular flexibility index (Phi) is 4.06. The van der Waals surface area contributed by atoms with Gasteiger partial charge in [0, 0.05) is 31.1 Å². The fourth-order valence-corrected chi connectivity index (χ4v) is 2.13. The molecule has 5 nitrogen and oxygen atoms in total. The lowest BCUT2D eigenvalue weighted by molar-refractivity contribution is 0.0927. The van der Waals surface area contributed by atoms with E-state index in [0.29, 0.717) is 12.2 Å². The number of ketones is 1. The summed E-state index contributed by atoms with van der Waals surface area (Å²) in [6.07, 6.45) is 4.42. The largest absolute Gasteiger partial charge is 0.507 e. The number of anilines is 1. The van der Waals surface area contributed by atoms with Crippen LogP contribution in [0.2, 0.25) is 0 Å². The number of hydrogen-bond donors (Lipinski definition) is 3. The zero-order valence-corrected chi connectivity index (χ0v) is 10.6. The molecule has 0 aromatic heterocycles. The number of aliphatic hydroxyl groups is 1. The summed E-state index contributed by atoms with van der Waals surface area (Å²) in [5, 5.41) is 19.1. The van der Waals surface area contributed by atoms with Gasteiger partial charge in [-0.15, -0.1) is 0 Å². The van der Waals surface area contributed by atoms with E-state index in [2.05, 4.69) is 0 Å². The number of nitrogens with zero attached hydrogens (tertiary/aromatic N) is 1. The van der Waals surface area contributed by atoms with Crippen molar-refractivity contribution in [3.63, 3.8) is 0 Å². The Balaban J connectivity index is 2.06. The number of likely N-dealkylation sites (tertiary alicyclic amines) is 1. The molecule has 1 fully saturated rings. The van der Waals surface area contributed by atoms with Crippen LogP contribution in [0.5, 0.6) is 5.75 Å². The van der Waals surface area contributed by atoms with Crippen LogP contribution >= 0.6 is 0 Å². The maximum absolute atomic E-state index is 12.0. The van der Waals surface area contributed by atoms with Gasteiger partial charge in [0.1, 0.15) is 5.75 Å². The number of nitrogen functional groups attached to an aromatic ring is 1. The number of aromatic hydroxyl groups is 1. The van der Waals surface area contributed by atoms with Crippen molar-refractivity contribution in [3.8, 4) is 5.75 Å². The van der Waals surface area contributed by atoms with Crippen molar-refractivity contribution in [2.24, 2.45) is 0 Å². The highest BCUT2D eigenvalue weighted by molar-refractivity contribution is 6.06. The highest BCUT2D eigenvalue weighted by Gasteiger charge is 2.15. The van der Waals surface area contributed by atoms with E-state index in [4.69, 9.17) is 5.73 Å². The maximum atomic E-state index is 12.0. The predicted molar refractivity (Wildman–Crippen MR) is 72.8 cm³/mol. The van der Waals surface area contributed by atoms with E-state index >= 15 is 0 Å². The summed E-state index contributed by atoms with van der Waals surface area (Å²) in [5.41, 5.74) is 6.21. The van der Waals surface area contributed by atoms with E-state index in [0.717, 1.165) is 19.4 Å². The van der Waals surface area contributed by atoms with Crippen molar-refractivity contribution in [2.75, 3.05) is 18.8 Å². The number of β-amino-alcohol motifs (C(OH)–C–C–N with tert-alkyl or cyclic N) is 1. The van der Waals surface area contributed by atoms with Crippen molar-refractivity contribution >= 4 is 11.5 Å². The third kappa shape index (κ3) is 3.48. The molecule has 1 saturated heterocycles. The number of phenolic OH excluding ortho intramolecular Hbond substituents is 1. The summed E-state index contributed by atoms with van der Waals surface area (Å²) >= 11 is 0. The van der Waals surface area contributed by atoms with E-state index in [1.165, 1.54) is 24.3 Å². The summed E-state index contributed by atoms with van der Waals surface area (Å²) in [6, 6.07) is 4.39. The molecular weight excluding hydrogens is 244 g/mol. The van der Waals surface area contributed by atoms with Crippen LogP contribution in [0, 0.1) is 0 Å². The van der Waals surface area contributed by atoms with Crippen LogP contribution in [-0.4, -0.2) is 40.1 Å². The first-order valence-electron chi connectivity index (χ1n) is 6.29. The van der Waals surface area contributed by atoms with Crippen LogP contribution in [0.1, 0.15) is 23.2 Å². The predicted octanol–water partition coefficient (Wildman–Crippen LogP) is 1.13. The molecule has 102 valence electrons. The normalized spacial score (nSPS) is 19.8. The highest BCUT2D eigenvalue weighted by atomic mass is 16.3. The zero-order valence-electron chi connectivity index (χ0n) is 10.6. The van der Waals surface area contributed by atoms with Crippen molar-refractivity contribution in [3.05, 3.63) is 36.0 Å². The van der Waals surface area contributed by atoms with Crippen molar-refractivity contribution in [1.29, 1.82) is 0 Å². The van der Waals surface area contributed by atoms with Gasteiger partial charge in [-0.2, -0.15) is 0 Å². The number of benzene rings is 1. The minimum atomic E-state index is -0.339. The number of allylic oxidation sites excluding steroid dienone is 1. The molecule has 0 aliphatic carbocycles. The first-order chi connectivity index (χ1) is 9.06. The molecule has 0 amide bonds. The molecule has 5 heteroatoms. The lowest BCUT2D eigenvalue weighted by Crippen LogP contribution is -2.34. The summed E-state index contributed by atoms with van der Waals surface area (Å²) < 4.78 is 0. The lowest BCUT2D eigenvalue weighted by Gasteiger charge is -2.28. The standard InChI is InChI=1S/C14H18N2O3/c15-10-3-4-13(18)12(8-10)14(19)5-7-16-6-1-2-11(17)9-16/h3-5,7-8,11,17-18H,1-2,6,9,15H2. The topological polar surface area (TPSA) is 86.8 Å². The second kappa shape index (κ2) is 5.75. The van der Waals surface area contributed by atoms with E-state index in [1.54, 1.807) is 6.20 Å². The molecule has 1 heterocycles. The van der Waals surface area contributed by atoms with Gasteiger partial charge < -0.3 is 20.8 Å². The van der Waals surface area contributed by atoms with Crippen LogP contribution < -0.4 is 5.73 Å². The molecule has 4 N–H and O–H groups in total. The molecule has 0 spiro atoms. The second-order valence-corrected chi connectivity index (χ2v) is 4.75. The molecule has 19 heavy (non-hydrogen) atoms. The van der Waals surface area contributed by atoms with Gasteiger partial charge in [-0.3, -0.25) is 4.79 Å². The average molecular weight is 262 g/mol. The van der Waals surface area contributed by atoms with Crippen molar-refractivity contribution in [1.82, 2.24) is 4.90 Å². The van der Waals surface area contributed by atoms with Gasteiger partial charge in [0.15, 0.2) is 5.78 Å². The Morgan fingerprint density at radius 2 is 2.26 bits per heavy atom. The number of carbonyl (C=O) groups is 1.